The molecule has 20 heavy (non-hydrogen) atoms. The van der Waals surface area contributed by atoms with Crippen molar-refractivity contribution in [2.75, 3.05) is 25.1 Å². The standard InChI is InChI=1S/C15H22N2O3/c16-15(18)8-11-20-14-6-2-1-5-13(14)17-12-4-3-9-19-10-7-12/h1-2,5-6,12,17H,3-4,7-11H2,(H2,16,18). The molecule has 0 saturated carbocycles. The van der Waals surface area contributed by atoms with Crippen LogP contribution in [-0.2, 0) is 9.53 Å². The largest absolute Gasteiger partial charge is 0.491 e. The average molecular weight is 278 g/mol. The predicted molar refractivity (Wildman–Crippen MR) is 77.8 cm³/mol. The molecule has 1 aromatic rings. The van der Waals surface area contributed by atoms with Gasteiger partial charge in [-0.2, -0.15) is 0 Å². The van der Waals surface area contributed by atoms with Crippen LogP contribution in [0.2, 0.25) is 0 Å². The Labute approximate surface area is 119 Å². The van der Waals surface area contributed by atoms with Crippen molar-refractivity contribution in [2.45, 2.75) is 31.7 Å². The summed E-state index contributed by atoms with van der Waals surface area (Å²) in [5.41, 5.74) is 6.07. The van der Waals surface area contributed by atoms with Crippen molar-refractivity contribution in [1.29, 1.82) is 0 Å². The molecule has 0 aromatic heterocycles. The lowest BCUT2D eigenvalue weighted by Crippen LogP contribution is -2.20. The predicted octanol–water partition coefficient (Wildman–Crippen LogP) is 1.92. The number of para-hydroxylation sites is 2. The minimum absolute atomic E-state index is 0.228. The highest BCUT2D eigenvalue weighted by Gasteiger charge is 2.14. The molecular formula is C15H22N2O3. The number of amides is 1. The molecule has 0 spiro atoms. The first-order valence-corrected chi connectivity index (χ1v) is 7.10. The van der Waals surface area contributed by atoms with Gasteiger partial charge in [0.05, 0.1) is 18.7 Å². The highest BCUT2D eigenvalue weighted by molar-refractivity contribution is 5.73. The molecule has 1 aliphatic rings. The Morgan fingerprint density at radius 2 is 2.20 bits per heavy atom. The summed E-state index contributed by atoms with van der Waals surface area (Å²) in [6.45, 7) is 1.94. The van der Waals surface area contributed by atoms with E-state index in [1.807, 2.05) is 24.3 Å². The summed E-state index contributed by atoms with van der Waals surface area (Å²) < 4.78 is 11.1. The van der Waals surface area contributed by atoms with E-state index in [1.54, 1.807) is 0 Å². The molecule has 5 nitrogen and oxygen atoms in total. The summed E-state index contributed by atoms with van der Waals surface area (Å²) in [5.74, 6) is 0.412. The van der Waals surface area contributed by atoms with E-state index in [9.17, 15) is 4.79 Å². The Bertz CT molecular complexity index is 429. The third-order valence-electron chi connectivity index (χ3n) is 3.30. The van der Waals surface area contributed by atoms with Crippen molar-refractivity contribution in [1.82, 2.24) is 0 Å². The summed E-state index contributed by atoms with van der Waals surface area (Å²) >= 11 is 0. The van der Waals surface area contributed by atoms with Crippen LogP contribution in [0.25, 0.3) is 0 Å². The lowest BCUT2D eigenvalue weighted by Gasteiger charge is -2.19. The SMILES string of the molecule is NC(=O)CCOc1ccccc1NC1CCCOCC1. The zero-order chi connectivity index (χ0) is 14.2. The second-order valence-corrected chi connectivity index (χ2v) is 4.95. The second kappa shape index (κ2) is 7.75. The molecule has 1 aliphatic heterocycles. The van der Waals surface area contributed by atoms with Gasteiger partial charge in [0.2, 0.25) is 5.91 Å². The monoisotopic (exact) mass is 278 g/mol. The zero-order valence-electron chi connectivity index (χ0n) is 11.6. The molecule has 0 radical (unpaired) electrons. The minimum atomic E-state index is -0.351. The minimum Gasteiger partial charge on any atom is -0.491 e. The van der Waals surface area contributed by atoms with E-state index in [4.69, 9.17) is 15.2 Å². The lowest BCUT2D eigenvalue weighted by molar-refractivity contribution is -0.118. The summed E-state index contributed by atoms with van der Waals surface area (Å²) in [7, 11) is 0. The van der Waals surface area contributed by atoms with E-state index < -0.39 is 0 Å². The molecule has 110 valence electrons. The first-order chi connectivity index (χ1) is 9.75. The molecule has 0 bridgehead atoms. The van der Waals surface area contributed by atoms with Gasteiger partial charge in [-0.15, -0.1) is 0 Å². The maximum Gasteiger partial charge on any atom is 0.220 e. The molecular weight excluding hydrogens is 256 g/mol. The van der Waals surface area contributed by atoms with Gasteiger partial charge in [-0.1, -0.05) is 12.1 Å². The van der Waals surface area contributed by atoms with Crippen LogP contribution < -0.4 is 15.8 Å². The Morgan fingerprint density at radius 3 is 3.05 bits per heavy atom. The van der Waals surface area contributed by atoms with Gasteiger partial charge < -0.3 is 20.5 Å². The van der Waals surface area contributed by atoms with Gasteiger partial charge in [0.25, 0.3) is 0 Å². The van der Waals surface area contributed by atoms with Gasteiger partial charge in [0, 0.05) is 19.3 Å². The van der Waals surface area contributed by atoms with Crippen LogP contribution >= 0.6 is 0 Å². The number of carbonyl (C=O) groups is 1. The Morgan fingerprint density at radius 1 is 1.35 bits per heavy atom. The Hall–Kier alpha value is -1.75. The third kappa shape index (κ3) is 4.74. The number of primary amides is 1. The quantitative estimate of drug-likeness (QED) is 0.833. The van der Waals surface area contributed by atoms with E-state index in [0.29, 0.717) is 12.6 Å². The molecule has 1 unspecified atom stereocenters. The second-order valence-electron chi connectivity index (χ2n) is 4.95. The van der Waals surface area contributed by atoms with E-state index >= 15 is 0 Å². The Balaban J connectivity index is 1.93. The third-order valence-corrected chi connectivity index (χ3v) is 3.30. The molecule has 5 heteroatoms. The van der Waals surface area contributed by atoms with Crippen molar-refractivity contribution >= 4 is 11.6 Å². The fourth-order valence-electron chi connectivity index (χ4n) is 2.24. The van der Waals surface area contributed by atoms with Crippen LogP contribution in [0.3, 0.4) is 0 Å². The summed E-state index contributed by atoms with van der Waals surface area (Å²) in [6.07, 6.45) is 3.39. The fourth-order valence-corrected chi connectivity index (χ4v) is 2.24. The van der Waals surface area contributed by atoms with E-state index in [2.05, 4.69) is 5.32 Å². The summed E-state index contributed by atoms with van der Waals surface area (Å²) in [4.78, 5) is 10.7. The number of ether oxygens (including phenoxy) is 2. The highest BCUT2D eigenvalue weighted by Crippen LogP contribution is 2.26. The molecule has 1 amide bonds. The highest BCUT2D eigenvalue weighted by atomic mass is 16.5. The smallest absolute Gasteiger partial charge is 0.220 e. The van der Waals surface area contributed by atoms with Crippen molar-refractivity contribution in [3.8, 4) is 5.75 Å². The number of hydrogen-bond acceptors (Lipinski definition) is 4. The molecule has 1 saturated heterocycles. The number of benzene rings is 1. The number of carbonyl (C=O) groups excluding carboxylic acids is 1. The van der Waals surface area contributed by atoms with Gasteiger partial charge in [-0.3, -0.25) is 4.79 Å². The molecule has 1 atom stereocenters. The lowest BCUT2D eigenvalue weighted by atomic mass is 10.1. The number of rotatable bonds is 6. The number of anilines is 1. The van der Waals surface area contributed by atoms with Crippen molar-refractivity contribution in [2.24, 2.45) is 5.73 Å². The molecule has 1 aromatic carbocycles. The Kier molecular flexibility index (Phi) is 5.68. The van der Waals surface area contributed by atoms with Gasteiger partial charge in [0.15, 0.2) is 0 Å². The van der Waals surface area contributed by atoms with Gasteiger partial charge in [-0.05, 0) is 31.4 Å². The van der Waals surface area contributed by atoms with Crippen molar-refractivity contribution in [3.63, 3.8) is 0 Å². The van der Waals surface area contributed by atoms with Crippen LogP contribution in [-0.4, -0.2) is 31.8 Å². The van der Waals surface area contributed by atoms with Gasteiger partial charge in [-0.25, -0.2) is 0 Å². The van der Waals surface area contributed by atoms with E-state index in [-0.39, 0.29) is 12.3 Å². The van der Waals surface area contributed by atoms with E-state index in [1.165, 1.54) is 0 Å². The molecule has 3 N–H and O–H groups in total. The van der Waals surface area contributed by atoms with Gasteiger partial charge >= 0.3 is 0 Å². The average Bonchev–Trinajstić information content (AvgIpc) is 2.69. The van der Waals surface area contributed by atoms with Crippen LogP contribution in [0, 0.1) is 0 Å². The van der Waals surface area contributed by atoms with Crippen LogP contribution in [0.5, 0.6) is 5.75 Å². The van der Waals surface area contributed by atoms with Crippen molar-refractivity contribution < 1.29 is 14.3 Å². The number of nitrogens with one attached hydrogen (secondary N) is 1. The molecule has 0 aliphatic carbocycles. The molecule has 1 heterocycles. The first kappa shape index (κ1) is 14.7. The topological polar surface area (TPSA) is 73.6 Å². The normalized spacial score (nSPS) is 19.1. The van der Waals surface area contributed by atoms with Crippen LogP contribution in [0.1, 0.15) is 25.7 Å². The van der Waals surface area contributed by atoms with Crippen LogP contribution in [0.4, 0.5) is 5.69 Å². The molecule has 2 rings (SSSR count). The summed E-state index contributed by atoms with van der Waals surface area (Å²) in [5, 5.41) is 3.51. The maximum absolute atomic E-state index is 10.7. The first-order valence-electron chi connectivity index (χ1n) is 7.10. The fraction of sp³-hybridized carbons (Fsp3) is 0.533. The molecule has 1 fully saturated rings. The number of hydrogen-bond donors (Lipinski definition) is 2. The van der Waals surface area contributed by atoms with Gasteiger partial charge in [0.1, 0.15) is 5.75 Å². The van der Waals surface area contributed by atoms with Crippen molar-refractivity contribution in [3.05, 3.63) is 24.3 Å². The summed E-state index contributed by atoms with van der Waals surface area (Å²) in [6, 6.07) is 8.18. The zero-order valence-corrected chi connectivity index (χ0v) is 11.6. The maximum atomic E-state index is 10.7. The number of nitrogens with two attached hydrogens (primary N) is 1. The van der Waals surface area contributed by atoms with Crippen LogP contribution in [0.15, 0.2) is 24.3 Å². The van der Waals surface area contributed by atoms with E-state index in [0.717, 1.165) is 43.9 Å².